The quantitative estimate of drug-likeness (QED) is 0.922. The van der Waals surface area contributed by atoms with Crippen molar-refractivity contribution in [3.8, 4) is 0 Å². The summed E-state index contributed by atoms with van der Waals surface area (Å²) < 4.78 is 0. The third-order valence-electron chi connectivity index (χ3n) is 4.84. The van der Waals surface area contributed by atoms with Gasteiger partial charge in [0.25, 0.3) is 0 Å². The number of hydrogen-bond donors (Lipinski definition) is 1. The van der Waals surface area contributed by atoms with Crippen LogP contribution in [0.3, 0.4) is 0 Å². The molecule has 1 N–H and O–H groups in total. The number of likely N-dealkylation sites (N-methyl/N-ethyl adjacent to an activating group) is 1. The Morgan fingerprint density at radius 1 is 1.37 bits per heavy atom. The fourth-order valence-electron chi connectivity index (χ4n) is 3.76. The Bertz CT molecular complexity index is 431. The summed E-state index contributed by atoms with van der Waals surface area (Å²) in [5.41, 5.74) is 1.12. The number of rotatable bonds is 3. The molecule has 104 valence electrons. The van der Waals surface area contributed by atoms with Crippen LogP contribution in [-0.4, -0.2) is 35.1 Å². The van der Waals surface area contributed by atoms with Gasteiger partial charge in [-0.3, -0.25) is 4.79 Å². The number of hydrogen-bond acceptors (Lipinski definition) is 3. The van der Waals surface area contributed by atoms with Crippen LogP contribution in [0.2, 0.25) is 0 Å². The van der Waals surface area contributed by atoms with E-state index in [1.54, 1.807) is 11.3 Å². The van der Waals surface area contributed by atoms with E-state index in [2.05, 4.69) is 0 Å². The van der Waals surface area contributed by atoms with Crippen LogP contribution < -0.4 is 0 Å². The Morgan fingerprint density at radius 2 is 2.05 bits per heavy atom. The van der Waals surface area contributed by atoms with Crippen molar-refractivity contribution < 1.29 is 9.90 Å². The molecule has 3 nitrogen and oxygen atoms in total. The summed E-state index contributed by atoms with van der Waals surface area (Å²) in [6, 6.07) is 2.41. The van der Waals surface area contributed by atoms with Crippen LogP contribution in [0, 0.1) is 11.8 Å². The van der Waals surface area contributed by atoms with Gasteiger partial charge in [-0.25, -0.2) is 0 Å². The average Bonchev–Trinajstić information content (AvgIpc) is 3.03. The zero-order chi connectivity index (χ0) is 13.4. The van der Waals surface area contributed by atoms with Crippen molar-refractivity contribution in [1.82, 2.24) is 4.90 Å². The molecule has 0 bridgehead atoms. The third-order valence-corrected chi connectivity index (χ3v) is 5.57. The van der Waals surface area contributed by atoms with Gasteiger partial charge >= 0.3 is 0 Å². The van der Waals surface area contributed by atoms with Crippen LogP contribution >= 0.6 is 11.3 Å². The predicted molar refractivity (Wildman–Crippen MR) is 76.0 cm³/mol. The summed E-state index contributed by atoms with van der Waals surface area (Å²) in [5, 5.41) is 13.7. The zero-order valence-electron chi connectivity index (χ0n) is 11.3. The lowest BCUT2D eigenvalue weighted by Gasteiger charge is -2.25. The molecule has 1 aromatic heterocycles. The maximum Gasteiger partial charge on any atom is 0.227 e. The molecule has 2 fully saturated rings. The SMILES string of the molecule is CN(C(=O)Cc1ccsc1)C1C[C@H]2CC(O)C[C@H]2C1. The monoisotopic (exact) mass is 279 g/mol. The van der Waals surface area contributed by atoms with Gasteiger partial charge in [0.1, 0.15) is 0 Å². The number of aliphatic hydroxyl groups excluding tert-OH is 1. The molecule has 0 saturated heterocycles. The largest absolute Gasteiger partial charge is 0.393 e. The lowest BCUT2D eigenvalue weighted by Crippen LogP contribution is -2.36. The van der Waals surface area contributed by atoms with Gasteiger partial charge in [0.05, 0.1) is 12.5 Å². The molecule has 0 aromatic carbocycles. The first-order valence-electron chi connectivity index (χ1n) is 7.08. The van der Waals surface area contributed by atoms with Crippen LogP contribution in [-0.2, 0) is 11.2 Å². The fourth-order valence-corrected chi connectivity index (χ4v) is 4.43. The van der Waals surface area contributed by atoms with E-state index in [0.717, 1.165) is 31.2 Å². The number of fused-ring (bicyclic) bond motifs is 1. The Balaban J connectivity index is 1.56. The summed E-state index contributed by atoms with van der Waals surface area (Å²) in [6.45, 7) is 0. The van der Waals surface area contributed by atoms with E-state index in [0.29, 0.717) is 24.3 Å². The second kappa shape index (κ2) is 5.25. The Kier molecular flexibility index (Phi) is 3.63. The summed E-state index contributed by atoms with van der Waals surface area (Å²) >= 11 is 1.64. The molecule has 2 aliphatic rings. The topological polar surface area (TPSA) is 40.5 Å². The van der Waals surface area contributed by atoms with Crippen LogP contribution in [0.25, 0.3) is 0 Å². The highest BCUT2D eigenvalue weighted by atomic mass is 32.1. The highest BCUT2D eigenvalue weighted by Crippen LogP contribution is 2.45. The number of carbonyl (C=O) groups is 1. The third kappa shape index (κ3) is 2.70. The van der Waals surface area contributed by atoms with E-state index in [-0.39, 0.29) is 12.0 Å². The molecule has 1 aromatic rings. The first kappa shape index (κ1) is 13.1. The molecule has 2 unspecified atom stereocenters. The molecule has 0 spiro atoms. The molecule has 0 radical (unpaired) electrons. The van der Waals surface area contributed by atoms with E-state index in [1.165, 1.54) is 0 Å². The number of thiophene rings is 1. The Morgan fingerprint density at radius 3 is 2.63 bits per heavy atom. The highest BCUT2D eigenvalue weighted by molar-refractivity contribution is 7.07. The summed E-state index contributed by atoms with van der Waals surface area (Å²) in [4.78, 5) is 14.2. The highest BCUT2D eigenvalue weighted by Gasteiger charge is 2.42. The lowest BCUT2D eigenvalue weighted by atomic mass is 10.0. The maximum atomic E-state index is 12.3. The molecular formula is C15H21NO2S. The van der Waals surface area contributed by atoms with Gasteiger partial charge in [-0.2, -0.15) is 11.3 Å². The number of nitrogens with zero attached hydrogens (tertiary/aromatic N) is 1. The molecule has 1 heterocycles. The smallest absolute Gasteiger partial charge is 0.227 e. The standard InChI is InChI=1S/C15H21NO2S/c1-16(15(18)4-10-2-3-19-9-10)13-5-11-7-14(17)8-12(11)6-13/h2-3,9,11-14,17H,4-8H2,1H3/t11-,12+,13?,14?. The molecular weight excluding hydrogens is 258 g/mol. The number of amides is 1. The summed E-state index contributed by atoms with van der Waals surface area (Å²) in [7, 11) is 1.94. The predicted octanol–water partition coefficient (Wildman–Crippen LogP) is 2.30. The maximum absolute atomic E-state index is 12.3. The normalized spacial score (nSPS) is 33.4. The van der Waals surface area contributed by atoms with Crippen molar-refractivity contribution in [3.63, 3.8) is 0 Å². The minimum atomic E-state index is -0.0947. The second-order valence-electron chi connectivity index (χ2n) is 6.08. The minimum Gasteiger partial charge on any atom is -0.393 e. The van der Waals surface area contributed by atoms with Crippen LogP contribution in [0.15, 0.2) is 16.8 Å². The van der Waals surface area contributed by atoms with Crippen molar-refractivity contribution in [1.29, 1.82) is 0 Å². The van der Waals surface area contributed by atoms with Gasteiger partial charge in [-0.15, -0.1) is 0 Å². The molecule has 2 saturated carbocycles. The Labute approximate surface area is 118 Å². The number of carbonyl (C=O) groups excluding carboxylic acids is 1. The molecule has 1 amide bonds. The minimum absolute atomic E-state index is 0.0947. The van der Waals surface area contributed by atoms with Gasteiger partial charge in [0, 0.05) is 13.1 Å². The van der Waals surface area contributed by atoms with Crippen LogP contribution in [0.1, 0.15) is 31.2 Å². The molecule has 4 heteroatoms. The van der Waals surface area contributed by atoms with Crippen molar-refractivity contribution >= 4 is 17.2 Å². The fraction of sp³-hybridized carbons (Fsp3) is 0.667. The van der Waals surface area contributed by atoms with Gasteiger partial charge in [0.15, 0.2) is 0 Å². The van der Waals surface area contributed by atoms with Crippen molar-refractivity contribution in [2.24, 2.45) is 11.8 Å². The van der Waals surface area contributed by atoms with Gasteiger partial charge in [-0.05, 0) is 59.9 Å². The molecule has 2 aliphatic carbocycles. The van der Waals surface area contributed by atoms with Gasteiger partial charge in [0.2, 0.25) is 5.91 Å². The molecule has 4 atom stereocenters. The van der Waals surface area contributed by atoms with E-state index in [1.807, 2.05) is 28.8 Å². The van der Waals surface area contributed by atoms with Gasteiger partial charge in [-0.1, -0.05) is 0 Å². The van der Waals surface area contributed by atoms with Crippen molar-refractivity contribution in [3.05, 3.63) is 22.4 Å². The first-order chi connectivity index (χ1) is 9.13. The molecule has 3 rings (SSSR count). The van der Waals surface area contributed by atoms with E-state index in [4.69, 9.17) is 0 Å². The van der Waals surface area contributed by atoms with E-state index in [9.17, 15) is 9.90 Å². The molecule has 19 heavy (non-hydrogen) atoms. The van der Waals surface area contributed by atoms with E-state index < -0.39 is 0 Å². The van der Waals surface area contributed by atoms with E-state index >= 15 is 0 Å². The second-order valence-corrected chi connectivity index (χ2v) is 6.86. The number of aliphatic hydroxyl groups is 1. The first-order valence-corrected chi connectivity index (χ1v) is 8.02. The van der Waals surface area contributed by atoms with Crippen molar-refractivity contribution in [2.45, 2.75) is 44.2 Å². The summed E-state index contributed by atoms with van der Waals surface area (Å²) in [5.74, 6) is 1.50. The van der Waals surface area contributed by atoms with Crippen molar-refractivity contribution in [2.75, 3.05) is 7.05 Å². The average molecular weight is 279 g/mol. The van der Waals surface area contributed by atoms with Crippen LogP contribution in [0.5, 0.6) is 0 Å². The van der Waals surface area contributed by atoms with Crippen LogP contribution in [0.4, 0.5) is 0 Å². The summed E-state index contributed by atoms with van der Waals surface area (Å²) in [6.07, 6.45) is 4.46. The van der Waals surface area contributed by atoms with Gasteiger partial charge < -0.3 is 10.0 Å². The Hall–Kier alpha value is -0.870. The zero-order valence-corrected chi connectivity index (χ0v) is 12.1. The lowest BCUT2D eigenvalue weighted by molar-refractivity contribution is -0.131. The molecule has 0 aliphatic heterocycles.